The van der Waals surface area contributed by atoms with E-state index in [2.05, 4.69) is 23.9 Å². The van der Waals surface area contributed by atoms with Crippen molar-refractivity contribution in [3.8, 4) is 11.1 Å². The molecule has 2 heterocycles. The van der Waals surface area contributed by atoms with Gasteiger partial charge in [0.15, 0.2) is 0 Å². The molecule has 96 valence electrons. The third-order valence-corrected chi connectivity index (χ3v) is 2.97. The Labute approximate surface area is 106 Å². The van der Waals surface area contributed by atoms with E-state index in [1.807, 2.05) is 24.0 Å². The first-order valence-electron chi connectivity index (χ1n) is 5.85. The fourth-order valence-corrected chi connectivity index (χ4v) is 1.87. The van der Waals surface area contributed by atoms with Crippen LogP contribution < -0.4 is 0 Å². The van der Waals surface area contributed by atoms with E-state index >= 15 is 0 Å². The summed E-state index contributed by atoms with van der Waals surface area (Å²) >= 11 is 0. The molecule has 0 saturated carbocycles. The van der Waals surface area contributed by atoms with Crippen molar-refractivity contribution in [2.24, 2.45) is 0 Å². The molecule has 2 aromatic rings. The Morgan fingerprint density at radius 2 is 2.22 bits per heavy atom. The Bertz CT molecular complexity index is 567. The molecule has 0 spiro atoms. The zero-order valence-electron chi connectivity index (χ0n) is 11.0. The number of H-pyrrole nitrogens is 1. The Morgan fingerprint density at radius 3 is 2.78 bits per heavy atom. The summed E-state index contributed by atoms with van der Waals surface area (Å²) in [6, 6.07) is 0.318. The quantitative estimate of drug-likeness (QED) is 0.848. The van der Waals surface area contributed by atoms with Crippen molar-refractivity contribution in [2.45, 2.75) is 26.8 Å². The number of esters is 1. The number of hydrogen-bond donors (Lipinski definition) is 1. The van der Waals surface area contributed by atoms with E-state index in [0.717, 1.165) is 16.7 Å². The molecule has 0 aromatic carbocycles. The van der Waals surface area contributed by atoms with Crippen LogP contribution in [0.2, 0.25) is 0 Å². The van der Waals surface area contributed by atoms with Gasteiger partial charge in [0, 0.05) is 29.6 Å². The lowest BCUT2D eigenvalue weighted by atomic mass is 10.1. The SMILES string of the molecule is COC(=O)c1[nH]cc(-c2cnn(C(C)C)c2)c1C. The van der Waals surface area contributed by atoms with Crippen LogP contribution in [0.3, 0.4) is 0 Å². The van der Waals surface area contributed by atoms with Gasteiger partial charge in [-0.2, -0.15) is 5.10 Å². The molecule has 0 aliphatic carbocycles. The summed E-state index contributed by atoms with van der Waals surface area (Å²) in [4.78, 5) is 14.5. The monoisotopic (exact) mass is 247 g/mol. The summed E-state index contributed by atoms with van der Waals surface area (Å²) in [5.74, 6) is -0.352. The number of rotatable bonds is 3. The van der Waals surface area contributed by atoms with Crippen LogP contribution in [-0.4, -0.2) is 27.8 Å². The number of carbonyl (C=O) groups excluding carboxylic acids is 1. The smallest absolute Gasteiger partial charge is 0.354 e. The Kier molecular flexibility index (Phi) is 3.23. The van der Waals surface area contributed by atoms with Gasteiger partial charge in [0.05, 0.1) is 13.3 Å². The Hall–Kier alpha value is -2.04. The molecule has 18 heavy (non-hydrogen) atoms. The van der Waals surface area contributed by atoms with Gasteiger partial charge >= 0.3 is 5.97 Å². The van der Waals surface area contributed by atoms with Gasteiger partial charge in [0.2, 0.25) is 0 Å². The van der Waals surface area contributed by atoms with Gasteiger partial charge in [0.1, 0.15) is 5.69 Å². The van der Waals surface area contributed by atoms with Gasteiger partial charge < -0.3 is 9.72 Å². The average molecular weight is 247 g/mol. The molecule has 0 aliphatic heterocycles. The van der Waals surface area contributed by atoms with Crippen LogP contribution in [0.5, 0.6) is 0 Å². The van der Waals surface area contributed by atoms with E-state index in [-0.39, 0.29) is 5.97 Å². The van der Waals surface area contributed by atoms with Crippen molar-refractivity contribution in [1.82, 2.24) is 14.8 Å². The highest BCUT2D eigenvalue weighted by atomic mass is 16.5. The fraction of sp³-hybridized carbons (Fsp3) is 0.385. The molecular weight excluding hydrogens is 230 g/mol. The topological polar surface area (TPSA) is 59.9 Å². The van der Waals surface area contributed by atoms with Crippen LogP contribution in [0.25, 0.3) is 11.1 Å². The summed E-state index contributed by atoms with van der Waals surface area (Å²) < 4.78 is 6.61. The number of hydrogen-bond acceptors (Lipinski definition) is 3. The van der Waals surface area contributed by atoms with E-state index in [1.165, 1.54) is 7.11 Å². The van der Waals surface area contributed by atoms with E-state index < -0.39 is 0 Å². The number of aromatic amines is 1. The highest BCUT2D eigenvalue weighted by Gasteiger charge is 2.16. The minimum absolute atomic E-state index is 0.318. The van der Waals surface area contributed by atoms with Crippen molar-refractivity contribution in [3.63, 3.8) is 0 Å². The van der Waals surface area contributed by atoms with E-state index in [4.69, 9.17) is 4.74 Å². The third kappa shape index (κ3) is 2.03. The number of nitrogens with one attached hydrogen (secondary N) is 1. The molecule has 5 nitrogen and oxygen atoms in total. The summed E-state index contributed by atoms with van der Waals surface area (Å²) in [6.45, 7) is 6.03. The summed E-state index contributed by atoms with van der Waals surface area (Å²) in [5, 5.41) is 4.29. The number of methoxy groups -OCH3 is 1. The predicted octanol–water partition coefficient (Wildman–Crippen LogP) is 2.55. The first-order chi connectivity index (χ1) is 8.54. The Morgan fingerprint density at radius 1 is 1.50 bits per heavy atom. The van der Waals surface area contributed by atoms with Gasteiger partial charge in [-0.15, -0.1) is 0 Å². The van der Waals surface area contributed by atoms with Crippen LogP contribution in [0.4, 0.5) is 0 Å². The van der Waals surface area contributed by atoms with Crippen molar-refractivity contribution < 1.29 is 9.53 Å². The van der Waals surface area contributed by atoms with Gasteiger partial charge in [-0.25, -0.2) is 4.79 Å². The van der Waals surface area contributed by atoms with Crippen molar-refractivity contribution in [3.05, 3.63) is 29.8 Å². The molecule has 0 bridgehead atoms. The fourth-order valence-electron chi connectivity index (χ4n) is 1.87. The van der Waals surface area contributed by atoms with Crippen LogP contribution >= 0.6 is 0 Å². The van der Waals surface area contributed by atoms with Crippen molar-refractivity contribution >= 4 is 5.97 Å². The molecule has 0 saturated heterocycles. The third-order valence-electron chi connectivity index (χ3n) is 2.97. The molecule has 5 heteroatoms. The minimum atomic E-state index is -0.352. The van der Waals surface area contributed by atoms with Gasteiger partial charge in [-0.3, -0.25) is 4.68 Å². The average Bonchev–Trinajstić information content (AvgIpc) is 2.94. The lowest BCUT2D eigenvalue weighted by Crippen LogP contribution is -2.03. The van der Waals surface area contributed by atoms with Gasteiger partial charge in [0.25, 0.3) is 0 Å². The minimum Gasteiger partial charge on any atom is -0.464 e. The van der Waals surface area contributed by atoms with Crippen molar-refractivity contribution in [2.75, 3.05) is 7.11 Å². The standard InChI is InChI=1S/C13H17N3O2/c1-8(2)16-7-10(5-15-16)11-6-14-12(9(11)3)13(17)18-4/h5-8,14H,1-4H3. The molecule has 0 amide bonds. The maximum atomic E-state index is 11.5. The molecule has 2 aromatic heterocycles. The number of aromatic nitrogens is 3. The van der Waals surface area contributed by atoms with Crippen LogP contribution in [0.1, 0.15) is 35.9 Å². The largest absolute Gasteiger partial charge is 0.464 e. The number of nitrogens with zero attached hydrogens (tertiary/aromatic N) is 2. The second kappa shape index (κ2) is 4.68. The van der Waals surface area contributed by atoms with Crippen LogP contribution in [-0.2, 0) is 4.74 Å². The predicted molar refractivity (Wildman–Crippen MR) is 68.5 cm³/mol. The number of carbonyl (C=O) groups is 1. The second-order valence-corrected chi connectivity index (χ2v) is 4.50. The molecule has 2 rings (SSSR count). The number of ether oxygens (including phenoxy) is 1. The Balaban J connectivity index is 2.39. The van der Waals surface area contributed by atoms with Gasteiger partial charge in [-0.1, -0.05) is 0 Å². The maximum absolute atomic E-state index is 11.5. The van der Waals surface area contributed by atoms with Crippen LogP contribution in [0, 0.1) is 6.92 Å². The summed E-state index contributed by atoms with van der Waals surface area (Å²) in [5.41, 5.74) is 3.34. The first-order valence-corrected chi connectivity index (χ1v) is 5.85. The van der Waals surface area contributed by atoms with Gasteiger partial charge in [-0.05, 0) is 26.3 Å². The van der Waals surface area contributed by atoms with Crippen LogP contribution in [0.15, 0.2) is 18.6 Å². The highest BCUT2D eigenvalue weighted by Crippen LogP contribution is 2.26. The zero-order chi connectivity index (χ0) is 13.3. The maximum Gasteiger partial charge on any atom is 0.354 e. The molecule has 0 atom stereocenters. The van der Waals surface area contributed by atoms with E-state index in [9.17, 15) is 4.79 Å². The van der Waals surface area contributed by atoms with E-state index in [0.29, 0.717) is 11.7 Å². The molecule has 0 radical (unpaired) electrons. The molecule has 0 fully saturated rings. The lowest BCUT2D eigenvalue weighted by molar-refractivity contribution is 0.0594. The summed E-state index contributed by atoms with van der Waals surface area (Å²) in [7, 11) is 1.37. The summed E-state index contributed by atoms with van der Waals surface area (Å²) in [6.07, 6.45) is 5.59. The highest BCUT2D eigenvalue weighted by molar-refractivity contribution is 5.91. The first kappa shape index (κ1) is 12.4. The molecule has 1 N–H and O–H groups in total. The zero-order valence-corrected chi connectivity index (χ0v) is 11.0. The molecule has 0 aliphatic rings. The normalized spacial score (nSPS) is 10.9. The molecular formula is C13H17N3O2. The molecule has 0 unspecified atom stereocenters. The second-order valence-electron chi connectivity index (χ2n) is 4.50. The van der Waals surface area contributed by atoms with Crippen molar-refractivity contribution in [1.29, 1.82) is 0 Å². The van der Waals surface area contributed by atoms with E-state index in [1.54, 1.807) is 6.20 Å². The lowest BCUT2D eigenvalue weighted by Gasteiger charge is -2.03.